The quantitative estimate of drug-likeness (QED) is 0.764. The molecule has 0 N–H and O–H groups in total. The van der Waals surface area contributed by atoms with Gasteiger partial charge >= 0.3 is 5.97 Å². The lowest BCUT2D eigenvalue weighted by Gasteiger charge is -2.18. The monoisotopic (exact) mass is 316 g/mol. The van der Waals surface area contributed by atoms with E-state index in [9.17, 15) is 9.59 Å². The Labute approximate surface area is 135 Å². The molecule has 2 aromatic rings. The highest BCUT2D eigenvalue weighted by molar-refractivity contribution is 5.90. The molecule has 1 aromatic carbocycles. The average Bonchev–Trinajstić information content (AvgIpc) is 3.07. The van der Waals surface area contributed by atoms with Crippen molar-refractivity contribution in [3.8, 4) is 0 Å². The van der Waals surface area contributed by atoms with Gasteiger partial charge in [-0.05, 0) is 23.8 Å². The SMILES string of the molecule is CN(Cc1ccc(N(C)C)cc1)C(=O)COC(=O)c1ccoc1. The summed E-state index contributed by atoms with van der Waals surface area (Å²) in [4.78, 5) is 27.2. The molecule has 0 bridgehead atoms. The lowest BCUT2D eigenvalue weighted by Crippen LogP contribution is -2.30. The van der Waals surface area contributed by atoms with E-state index in [-0.39, 0.29) is 12.5 Å². The second-order valence-corrected chi connectivity index (χ2v) is 5.40. The summed E-state index contributed by atoms with van der Waals surface area (Å²) < 4.78 is 9.76. The first-order chi connectivity index (χ1) is 11.0. The molecule has 0 unspecified atom stereocenters. The van der Waals surface area contributed by atoms with Crippen molar-refractivity contribution in [1.29, 1.82) is 0 Å². The van der Waals surface area contributed by atoms with Gasteiger partial charge in [-0.25, -0.2) is 4.79 Å². The predicted molar refractivity (Wildman–Crippen MR) is 86.2 cm³/mol. The normalized spacial score (nSPS) is 10.2. The van der Waals surface area contributed by atoms with E-state index in [1.165, 1.54) is 23.5 Å². The van der Waals surface area contributed by atoms with Crippen LogP contribution in [0.5, 0.6) is 0 Å². The number of nitrogens with zero attached hydrogens (tertiary/aromatic N) is 2. The summed E-state index contributed by atoms with van der Waals surface area (Å²) in [6.07, 6.45) is 2.66. The van der Waals surface area contributed by atoms with Gasteiger partial charge in [-0.3, -0.25) is 4.79 Å². The number of carbonyl (C=O) groups is 2. The molecule has 0 radical (unpaired) electrons. The van der Waals surface area contributed by atoms with Gasteiger partial charge in [0.1, 0.15) is 6.26 Å². The van der Waals surface area contributed by atoms with Gasteiger partial charge in [-0.15, -0.1) is 0 Å². The van der Waals surface area contributed by atoms with Crippen molar-refractivity contribution in [3.05, 3.63) is 54.0 Å². The minimum Gasteiger partial charge on any atom is -0.472 e. The molecule has 0 fully saturated rings. The zero-order chi connectivity index (χ0) is 16.8. The molecule has 0 aliphatic heterocycles. The van der Waals surface area contributed by atoms with Gasteiger partial charge in [0.15, 0.2) is 6.61 Å². The largest absolute Gasteiger partial charge is 0.472 e. The van der Waals surface area contributed by atoms with Crippen molar-refractivity contribution < 1.29 is 18.7 Å². The number of ether oxygens (including phenoxy) is 1. The number of rotatable bonds is 6. The van der Waals surface area contributed by atoms with Crippen molar-refractivity contribution in [2.24, 2.45) is 0 Å². The van der Waals surface area contributed by atoms with E-state index in [0.717, 1.165) is 11.3 Å². The Bertz CT molecular complexity index is 648. The molecule has 0 aliphatic carbocycles. The van der Waals surface area contributed by atoms with E-state index in [0.29, 0.717) is 12.1 Å². The highest BCUT2D eigenvalue weighted by Gasteiger charge is 2.14. The van der Waals surface area contributed by atoms with Gasteiger partial charge in [-0.1, -0.05) is 12.1 Å². The Morgan fingerprint density at radius 3 is 2.35 bits per heavy atom. The number of anilines is 1. The maximum Gasteiger partial charge on any atom is 0.341 e. The van der Waals surface area contributed by atoms with E-state index in [4.69, 9.17) is 9.15 Å². The van der Waals surface area contributed by atoms with Crippen LogP contribution in [0.1, 0.15) is 15.9 Å². The number of furan rings is 1. The van der Waals surface area contributed by atoms with Gasteiger partial charge in [0.05, 0.1) is 11.8 Å². The number of likely N-dealkylation sites (N-methyl/N-ethyl adjacent to an activating group) is 1. The molecule has 6 nitrogen and oxygen atoms in total. The number of hydrogen-bond acceptors (Lipinski definition) is 5. The molecular weight excluding hydrogens is 296 g/mol. The van der Waals surface area contributed by atoms with E-state index < -0.39 is 5.97 Å². The third-order valence-electron chi connectivity index (χ3n) is 3.38. The van der Waals surface area contributed by atoms with E-state index in [1.807, 2.05) is 43.3 Å². The van der Waals surface area contributed by atoms with E-state index in [1.54, 1.807) is 7.05 Å². The highest BCUT2D eigenvalue weighted by atomic mass is 16.5. The Balaban J connectivity index is 1.83. The molecule has 0 saturated heterocycles. The molecule has 0 aliphatic rings. The van der Waals surface area contributed by atoms with Crippen molar-refractivity contribution >= 4 is 17.6 Å². The first-order valence-corrected chi connectivity index (χ1v) is 7.17. The van der Waals surface area contributed by atoms with Crippen LogP contribution in [0.2, 0.25) is 0 Å². The Hall–Kier alpha value is -2.76. The molecule has 1 amide bonds. The van der Waals surface area contributed by atoms with Crippen LogP contribution < -0.4 is 4.90 Å². The van der Waals surface area contributed by atoms with Gasteiger partial charge in [0.2, 0.25) is 0 Å². The lowest BCUT2D eigenvalue weighted by molar-refractivity contribution is -0.133. The van der Waals surface area contributed by atoms with E-state index in [2.05, 4.69) is 0 Å². The highest BCUT2D eigenvalue weighted by Crippen LogP contribution is 2.13. The predicted octanol–water partition coefficient (Wildman–Crippen LogP) is 2.16. The fourth-order valence-corrected chi connectivity index (χ4v) is 1.96. The van der Waals surface area contributed by atoms with Gasteiger partial charge < -0.3 is 19.0 Å². The molecule has 23 heavy (non-hydrogen) atoms. The number of hydrogen-bond donors (Lipinski definition) is 0. The zero-order valence-electron chi connectivity index (χ0n) is 13.5. The van der Waals surface area contributed by atoms with Crippen LogP contribution >= 0.6 is 0 Å². The minimum absolute atomic E-state index is 0.265. The third kappa shape index (κ3) is 4.60. The Morgan fingerprint density at radius 1 is 1.09 bits per heavy atom. The second kappa shape index (κ2) is 7.49. The number of carbonyl (C=O) groups excluding carboxylic acids is 2. The maximum absolute atomic E-state index is 12.0. The summed E-state index contributed by atoms with van der Waals surface area (Å²) in [5.41, 5.74) is 2.39. The summed E-state index contributed by atoms with van der Waals surface area (Å²) in [7, 11) is 5.62. The van der Waals surface area contributed by atoms with Crippen LogP contribution in [0.4, 0.5) is 5.69 Å². The molecule has 0 atom stereocenters. The van der Waals surface area contributed by atoms with Crippen LogP contribution in [0.3, 0.4) is 0 Å². The molecule has 0 saturated carbocycles. The minimum atomic E-state index is -0.573. The van der Waals surface area contributed by atoms with Crippen LogP contribution in [0.25, 0.3) is 0 Å². The third-order valence-corrected chi connectivity index (χ3v) is 3.38. The summed E-state index contributed by atoms with van der Waals surface area (Å²) in [5.74, 6) is -0.839. The number of benzene rings is 1. The number of esters is 1. The standard InChI is InChI=1S/C17H20N2O4/c1-18(2)15-6-4-13(5-7-15)10-19(3)16(20)12-23-17(21)14-8-9-22-11-14/h4-9,11H,10,12H2,1-3H3. The second-order valence-electron chi connectivity index (χ2n) is 5.40. The first kappa shape index (κ1) is 16.6. The van der Waals surface area contributed by atoms with Crippen LogP contribution in [-0.2, 0) is 16.1 Å². The maximum atomic E-state index is 12.0. The van der Waals surface area contributed by atoms with E-state index >= 15 is 0 Å². The molecule has 1 heterocycles. The number of amides is 1. The fraction of sp³-hybridized carbons (Fsp3) is 0.294. The molecule has 2 rings (SSSR count). The average molecular weight is 316 g/mol. The fourth-order valence-electron chi connectivity index (χ4n) is 1.96. The molecular formula is C17H20N2O4. The van der Waals surface area contributed by atoms with Gasteiger partial charge in [0.25, 0.3) is 5.91 Å². The Morgan fingerprint density at radius 2 is 1.78 bits per heavy atom. The van der Waals surface area contributed by atoms with Crippen molar-refractivity contribution in [2.45, 2.75) is 6.54 Å². The molecule has 1 aromatic heterocycles. The van der Waals surface area contributed by atoms with Gasteiger partial charge in [0, 0.05) is 33.4 Å². The summed E-state index contributed by atoms with van der Waals surface area (Å²) in [6, 6.07) is 9.41. The van der Waals surface area contributed by atoms with Crippen LogP contribution in [-0.4, -0.2) is 44.5 Å². The van der Waals surface area contributed by atoms with Crippen molar-refractivity contribution in [2.75, 3.05) is 32.6 Å². The van der Waals surface area contributed by atoms with Crippen molar-refractivity contribution in [1.82, 2.24) is 4.90 Å². The van der Waals surface area contributed by atoms with Crippen molar-refractivity contribution in [3.63, 3.8) is 0 Å². The van der Waals surface area contributed by atoms with Gasteiger partial charge in [-0.2, -0.15) is 0 Å². The summed E-state index contributed by atoms with van der Waals surface area (Å²) >= 11 is 0. The molecule has 122 valence electrons. The Kier molecular flexibility index (Phi) is 5.41. The topological polar surface area (TPSA) is 63.0 Å². The first-order valence-electron chi connectivity index (χ1n) is 7.17. The molecule has 0 spiro atoms. The summed E-state index contributed by atoms with van der Waals surface area (Å²) in [6.45, 7) is 0.159. The van der Waals surface area contributed by atoms with Crippen LogP contribution in [0.15, 0.2) is 47.3 Å². The lowest BCUT2D eigenvalue weighted by atomic mass is 10.2. The summed E-state index contributed by atoms with van der Waals surface area (Å²) in [5, 5.41) is 0. The zero-order valence-corrected chi connectivity index (χ0v) is 13.5. The molecule has 6 heteroatoms. The van der Waals surface area contributed by atoms with Crippen LogP contribution in [0, 0.1) is 0 Å². The smallest absolute Gasteiger partial charge is 0.341 e.